The van der Waals surface area contributed by atoms with Gasteiger partial charge in [-0.15, -0.1) is 0 Å². The maximum atomic E-state index is 5.74. The first-order chi connectivity index (χ1) is 15.3. The lowest BCUT2D eigenvalue weighted by Gasteiger charge is -2.30. The van der Waals surface area contributed by atoms with Crippen molar-refractivity contribution in [2.45, 2.75) is 38.5 Å². The van der Waals surface area contributed by atoms with Crippen molar-refractivity contribution in [2.75, 3.05) is 13.2 Å². The second kappa shape index (κ2) is 9.91. The third kappa shape index (κ3) is 5.13. The first-order valence-electron chi connectivity index (χ1n) is 11.1. The van der Waals surface area contributed by atoms with Gasteiger partial charge in [-0.1, -0.05) is 102 Å². The maximum Gasteiger partial charge on any atom is 0.120 e. The van der Waals surface area contributed by atoms with Gasteiger partial charge in [-0.3, -0.25) is 0 Å². The summed E-state index contributed by atoms with van der Waals surface area (Å²) in [7, 11) is 0. The molecule has 0 aliphatic rings. The monoisotopic (exact) mass is 426 g/mol. The van der Waals surface area contributed by atoms with Crippen LogP contribution in [0.1, 0.15) is 49.9 Å². The highest BCUT2D eigenvalue weighted by Gasteiger charge is 2.26. The number of benzene rings is 3. The van der Waals surface area contributed by atoms with Crippen LogP contribution in [0, 0.1) is 0 Å². The van der Waals surface area contributed by atoms with Gasteiger partial charge >= 0.3 is 0 Å². The highest BCUT2D eigenvalue weighted by atomic mass is 16.5. The molecule has 0 unspecified atom stereocenters. The lowest BCUT2D eigenvalue weighted by Crippen LogP contribution is -2.21. The van der Waals surface area contributed by atoms with Crippen molar-refractivity contribution in [3.63, 3.8) is 0 Å². The van der Waals surface area contributed by atoms with E-state index in [0.29, 0.717) is 13.2 Å². The first-order valence-corrected chi connectivity index (χ1v) is 11.1. The number of rotatable bonds is 10. The second-order valence-electron chi connectivity index (χ2n) is 9.08. The van der Waals surface area contributed by atoms with E-state index in [0.717, 1.165) is 11.5 Å². The van der Waals surface area contributed by atoms with Gasteiger partial charge in [-0.05, 0) is 46.5 Å². The van der Waals surface area contributed by atoms with Gasteiger partial charge in [0.05, 0.1) is 0 Å². The molecule has 0 heterocycles. The standard InChI is InChI=1S/C30H34O2/c1-7-20-31-27-18-16-25(17-19-27)29(3,4)23-12-14-24(15-13-23)30(5,6)26-10-9-11-28(22-26)32-21-8-2/h7-19,22H,1-2,20-21H2,3-6H3. The number of ether oxygens (including phenoxy) is 2. The summed E-state index contributed by atoms with van der Waals surface area (Å²) in [4.78, 5) is 0. The Bertz CT molecular complexity index is 1040. The van der Waals surface area contributed by atoms with Crippen LogP contribution in [0.3, 0.4) is 0 Å². The first kappa shape index (κ1) is 23.4. The molecule has 0 aliphatic carbocycles. The summed E-state index contributed by atoms with van der Waals surface area (Å²) in [6, 6.07) is 25.7. The van der Waals surface area contributed by atoms with E-state index < -0.39 is 0 Å². The lowest BCUT2D eigenvalue weighted by molar-refractivity contribution is 0.362. The highest BCUT2D eigenvalue weighted by molar-refractivity contribution is 5.45. The average Bonchev–Trinajstić information content (AvgIpc) is 2.82. The van der Waals surface area contributed by atoms with Gasteiger partial charge in [0.1, 0.15) is 24.7 Å². The Morgan fingerprint density at radius 3 is 1.53 bits per heavy atom. The molecule has 2 nitrogen and oxygen atoms in total. The minimum absolute atomic E-state index is 0.113. The topological polar surface area (TPSA) is 18.5 Å². The molecule has 3 rings (SSSR count). The van der Waals surface area contributed by atoms with Crippen LogP contribution in [0.15, 0.2) is 98.1 Å². The van der Waals surface area contributed by atoms with Gasteiger partial charge in [0.25, 0.3) is 0 Å². The van der Waals surface area contributed by atoms with Crippen LogP contribution >= 0.6 is 0 Å². The highest BCUT2D eigenvalue weighted by Crippen LogP contribution is 2.37. The normalized spacial score (nSPS) is 11.6. The molecule has 0 atom stereocenters. The molecule has 0 saturated heterocycles. The Balaban J connectivity index is 1.83. The van der Waals surface area contributed by atoms with E-state index in [9.17, 15) is 0 Å². The van der Waals surface area contributed by atoms with Gasteiger partial charge in [-0.25, -0.2) is 0 Å². The van der Waals surface area contributed by atoms with Crippen LogP contribution in [-0.2, 0) is 10.8 Å². The smallest absolute Gasteiger partial charge is 0.120 e. The van der Waals surface area contributed by atoms with Gasteiger partial charge in [0, 0.05) is 10.8 Å². The summed E-state index contributed by atoms with van der Waals surface area (Å²) >= 11 is 0. The van der Waals surface area contributed by atoms with Gasteiger partial charge in [0.15, 0.2) is 0 Å². The van der Waals surface area contributed by atoms with Crippen molar-refractivity contribution >= 4 is 0 Å². The van der Waals surface area contributed by atoms with Crippen LogP contribution in [-0.4, -0.2) is 13.2 Å². The molecule has 2 heteroatoms. The van der Waals surface area contributed by atoms with Crippen molar-refractivity contribution < 1.29 is 9.47 Å². The van der Waals surface area contributed by atoms with Gasteiger partial charge < -0.3 is 9.47 Å². The molecule has 0 aromatic heterocycles. The minimum Gasteiger partial charge on any atom is -0.490 e. The minimum atomic E-state index is -0.139. The van der Waals surface area contributed by atoms with Gasteiger partial charge in [-0.2, -0.15) is 0 Å². The number of hydrogen-bond donors (Lipinski definition) is 0. The predicted octanol–water partition coefficient (Wildman–Crippen LogP) is 7.47. The molecule has 0 radical (unpaired) electrons. The van der Waals surface area contributed by atoms with Crippen LogP contribution < -0.4 is 9.47 Å². The Morgan fingerprint density at radius 2 is 1.03 bits per heavy atom. The summed E-state index contributed by atoms with van der Waals surface area (Å²) in [5, 5.41) is 0. The molecule has 0 N–H and O–H groups in total. The molecule has 3 aromatic carbocycles. The van der Waals surface area contributed by atoms with E-state index in [1.807, 2.05) is 18.2 Å². The molecule has 0 bridgehead atoms. The fraction of sp³-hybridized carbons (Fsp3) is 0.267. The third-order valence-electron chi connectivity index (χ3n) is 6.20. The molecule has 0 saturated carbocycles. The second-order valence-corrected chi connectivity index (χ2v) is 9.08. The molecule has 0 aliphatic heterocycles. The molecule has 0 amide bonds. The Kier molecular flexibility index (Phi) is 7.25. The molecule has 0 fully saturated rings. The van der Waals surface area contributed by atoms with Crippen molar-refractivity contribution in [1.82, 2.24) is 0 Å². The quantitative estimate of drug-likeness (QED) is 0.313. The maximum absolute atomic E-state index is 5.74. The third-order valence-corrected chi connectivity index (χ3v) is 6.20. The fourth-order valence-corrected chi connectivity index (χ4v) is 3.89. The zero-order valence-corrected chi connectivity index (χ0v) is 19.7. The van der Waals surface area contributed by atoms with Crippen LogP contribution in [0.25, 0.3) is 0 Å². The summed E-state index contributed by atoms with van der Waals surface area (Å²) in [6.07, 6.45) is 3.52. The summed E-state index contributed by atoms with van der Waals surface area (Å²) in [5.74, 6) is 1.73. The Labute approximate surface area is 193 Å². The fourth-order valence-electron chi connectivity index (χ4n) is 3.89. The van der Waals surface area contributed by atoms with E-state index in [1.165, 1.54) is 22.3 Å². The lowest BCUT2D eigenvalue weighted by atomic mass is 9.74. The van der Waals surface area contributed by atoms with E-state index in [1.54, 1.807) is 12.2 Å². The van der Waals surface area contributed by atoms with Crippen molar-refractivity contribution in [1.29, 1.82) is 0 Å². The molecular weight excluding hydrogens is 392 g/mol. The van der Waals surface area contributed by atoms with Gasteiger partial charge in [0.2, 0.25) is 0 Å². The van der Waals surface area contributed by atoms with Crippen LogP contribution in [0.5, 0.6) is 11.5 Å². The van der Waals surface area contributed by atoms with E-state index >= 15 is 0 Å². The molecule has 32 heavy (non-hydrogen) atoms. The molecule has 166 valence electrons. The van der Waals surface area contributed by atoms with Crippen molar-refractivity contribution in [2.24, 2.45) is 0 Å². The average molecular weight is 427 g/mol. The van der Waals surface area contributed by atoms with E-state index in [2.05, 4.69) is 95.5 Å². The predicted molar refractivity (Wildman–Crippen MR) is 135 cm³/mol. The van der Waals surface area contributed by atoms with Crippen molar-refractivity contribution in [3.05, 3.63) is 120 Å². The van der Waals surface area contributed by atoms with Crippen molar-refractivity contribution in [3.8, 4) is 11.5 Å². The summed E-state index contributed by atoms with van der Waals surface area (Å²) < 4.78 is 11.4. The van der Waals surface area contributed by atoms with E-state index in [4.69, 9.17) is 9.47 Å². The zero-order chi connectivity index (χ0) is 23.2. The molecule has 3 aromatic rings. The zero-order valence-electron chi connectivity index (χ0n) is 19.7. The van der Waals surface area contributed by atoms with Crippen LogP contribution in [0.4, 0.5) is 0 Å². The summed E-state index contributed by atoms with van der Waals surface area (Å²) in [5.41, 5.74) is 4.77. The Morgan fingerprint density at radius 1 is 0.594 bits per heavy atom. The number of hydrogen-bond acceptors (Lipinski definition) is 2. The molecular formula is C30H34O2. The largest absolute Gasteiger partial charge is 0.490 e. The van der Waals surface area contributed by atoms with E-state index in [-0.39, 0.29) is 10.8 Å². The Hall–Kier alpha value is -3.26. The SMILES string of the molecule is C=CCOc1ccc(C(C)(C)c2ccc(C(C)(C)c3cccc(OCC=C)c3)cc2)cc1. The van der Waals surface area contributed by atoms with Crippen LogP contribution in [0.2, 0.25) is 0 Å². The molecule has 0 spiro atoms. The summed E-state index contributed by atoms with van der Waals surface area (Å²) in [6.45, 7) is 17.5.